The van der Waals surface area contributed by atoms with E-state index in [1.54, 1.807) is 47.7 Å². The van der Waals surface area contributed by atoms with Crippen molar-refractivity contribution in [3.05, 3.63) is 71.1 Å². The Hall–Kier alpha value is -2.62. The average Bonchev–Trinajstić information content (AvgIpc) is 3.14. The van der Waals surface area contributed by atoms with Crippen LogP contribution in [0.1, 0.15) is 16.4 Å². The molecular formula is C18H12N2O2S2. The molecule has 1 atom stereocenters. The van der Waals surface area contributed by atoms with Gasteiger partial charge in [0, 0.05) is 0 Å². The molecule has 2 heterocycles. The third-order valence-electron chi connectivity index (χ3n) is 3.31. The zero-order valence-electron chi connectivity index (χ0n) is 12.4. The predicted molar refractivity (Wildman–Crippen MR) is 94.9 cm³/mol. The first-order valence-electron chi connectivity index (χ1n) is 7.08. The van der Waals surface area contributed by atoms with E-state index < -0.39 is 11.2 Å². The van der Waals surface area contributed by atoms with Gasteiger partial charge in [-0.1, -0.05) is 48.2 Å². The molecule has 6 heteroatoms. The fraction of sp³-hybridized carbons (Fsp3) is 0.0556. The van der Waals surface area contributed by atoms with Gasteiger partial charge >= 0.3 is 5.97 Å². The number of aromatic nitrogens is 1. The van der Waals surface area contributed by atoms with E-state index in [0.717, 1.165) is 22.3 Å². The zero-order valence-corrected chi connectivity index (χ0v) is 14.1. The predicted octanol–water partition coefficient (Wildman–Crippen LogP) is 4.60. The van der Waals surface area contributed by atoms with E-state index in [2.05, 4.69) is 11.1 Å². The third-order valence-corrected chi connectivity index (χ3v) is 5.45. The Morgan fingerprint density at radius 1 is 1.17 bits per heavy atom. The maximum atomic E-state index is 11.7. The lowest BCUT2D eigenvalue weighted by Crippen LogP contribution is -2.08. The van der Waals surface area contributed by atoms with Gasteiger partial charge in [0.05, 0.1) is 16.1 Å². The molecule has 118 valence electrons. The quantitative estimate of drug-likeness (QED) is 0.679. The molecule has 0 aliphatic heterocycles. The number of thioether (sulfide) groups is 1. The molecular weight excluding hydrogens is 340 g/mol. The first kappa shape index (κ1) is 16.2. The van der Waals surface area contributed by atoms with Crippen molar-refractivity contribution < 1.29 is 9.90 Å². The number of carbonyl (C=O) groups is 1. The van der Waals surface area contributed by atoms with Gasteiger partial charge in [-0.15, -0.1) is 11.3 Å². The fourth-order valence-electron chi connectivity index (χ4n) is 2.18. The van der Waals surface area contributed by atoms with Crippen LogP contribution in [0.2, 0.25) is 0 Å². The van der Waals surface area contributed by atoms with E-state index in [-0.39, 0.29) is 0 Å². The van der Waals surface area contributed by atoms with Crippen molar-refractivity contribution in [2.75, 3.05) is 0 Å². The molecule has 2 aromatic heterocycles. The van der Waals surface area contributed by atoms with Crippen LogP contribution in [0.4, 0.5) is 0 Å². The van der Waals surface area contributed by atoms with E-state index in [0.29, 0.717) is 16.2 Å². The molecule has 0 aliphatic carbocycles. The molecule has 0 radical (unpaired) electrons. The number of nitrogens with zero attached hydrogens (tertiary/aromatic N) is 2. The van der Waals surface area contributed by atoms with E-state index >= 15 is 0 Å². The second kappa shape index (κ2) is 7.30. The van der Waals surface area contributed by atoms with Crippen LogP contribution in [0.5, 0.6) is 0 Å². The minimum Gasteiger partial charge on any atom is -0.480 e. The van der Waals surface area contributed by atoms with Gasteiger partial charge in [0.15, 0.2) is 0 Å². The third kappa shape index (κ3) is 3.48. The molecule has 0 bridgehead atoms. The SMILES string of the molecule is N#Cc1ccc(-c2cccs2)nc1S[C@@H](C(=O)O)c1ccccc1. The Balaban J connectivity index is 1.99. The largest absolute Gasteiger partial charge is 0.480 e. The summed E-state index contributed by atoms with van der Waals surface area (Å²) in [6, 6.07) is 18.4. The Kier molecular flexibility index (Phi) is 4.94. The van der Waals surface area contributed by atoms with Crippen LogP contribution < -0.4 is 0 Å². The standard InChI is InChI=1S/C18H12N2O2S2/c19-11-13-8-9-14(15-7-4-10-23-15)20-17(13)24-16(18(21)22)12-5-2-1-3-6-12/h1-10,16H,(H,21,22)/t16-/m1/s1. The molecule has 3 aromatic rings. The van der Waals surface area contributed by atoms with Gasteiger partial charge in [0.25, 0.3) is 0 Å². The Morgan fingerprint density at radius 3 is 2.58 bits per heavy atom. The van der Waals surface area contributed by atoms with Crippen molar-refractivity contribution in [3.63, 3.8) is 0 Å². The topological polar surface area (TPSA) is 74.0 Å². The summed E-state index contributed by atoms with van der Waals surface area (Å²) in [7, 11) is 0. The fourth-order valence-corrected chi connectivity index (χ4v) is 3.88. The number of thiophene rings is 1. The summed E-state index contributed by atoms with van der Waals surface area (Å²) in [5.74, 6) is -0.960. The number of rotatable bonds is 5. The summed E-state index contributed by atoms with van der Waals surface area (Å²) in [4.78, 5) is 17.2. The van der Waals surface area contributed by atoms with Crippen molar-refractivity contribution in [2.45, 2.75) is 10.3 Å². The molecule has 0 unspecified atom stereocenters. The van der Waals surface area contributed by atoms with Crippen LogP contribution in [0.3, 0.4) is 0 Å². The lowest BCUT2D eigenvalue weighted by atomic mass is 10.1. The maximum Gasteiger partial charge on any atom is 0.321 e. The molecule has 3 rings (SSSR count). The van der Waals surface area contributed by atoms with Gasteiger partial charge in [-0.25, -0.2) is 4.98 Å². The lowest BCUT2D eigenvalue weighted by molar-refractivity contribution is -0.136. The van der Waals surface area contributed by atoms with Crippen molar-refractivity contribution in [3.8, 4) is 16.6 Å². The second-order valence-electron chi connectivity index (χ2n) is 4.89. The van der Waals surface area contributed by atoms with Gasteiger partial charge in [0.2, 0.25) is 0 Å². The van der Waals surface area contributed by atoms with E-state index in [1.165, 1.54) is 0 Å². The van der Waals surface area contributed by atoms with E-state index in [9.17, 15) is 15.2 Å². The smallest absolute Gasteiger partial charge is 0.321 e. The second-order valence-corrected chi connectivity index (χ2v) is 6.93. The molecule has 0 saturated carbocycles. The number of benzene rings is 1. The number of pyridine rings is 1. The molecule has 0 spiro atoms. The van der Waals surface area contributed by atoms with Gasteiger partial charge in [-0.3, -0.25) is 4.79 Å². The highest BCUT2D eigenvalue weighted by molar-refractivity contribution is 8.00. The minimum absolute atomic E-state index is 0.377. The van der Waals surface area contributed by atoms with Gasteiger partial charge in [-0.05, 0) is 29.1 Å². The minimum atomic E-state index is -0.960. The van der Waals surface area contributed by atoms with Crippen LogP contribution >= 0.6 is 23.1 Å². The van der Waals surface area contributed by atoms with Crippen molar-refractivity contribution in [1.29, 1.82) is 5.26 Å². The Morgan fingerprint density at radius 2 is 1.96 bits per heavy atom. The highest BCUT2D eigenvalue weighted by Crippen LogP contribution is 2.37. The van der Waals surface area contributed by atoms with Gasteiger partial charge < -0.3 is 5.11 Å². The summed E-state index contributed by atoms with van der Waals surface area (Å²) in [5, 5.41) is 20.5. The number of hydrogen-bond donors (Lipinski definition) is 1. The first-order chi connectivity index (χ1) is 11.7. The summed E-state index contributed by atoms with van der Waals surface area (Å²) in [6.45, 7) is 0. The number of carboxylic acids is 1. The highest BCUT2D eigenvalue weighted by Gasteiger charge is 2.23. The number of nitriles is 1. The van der Waals surface area contributed by atoms with Crippen molar-refractivity contribution in [2.24, 2.45) is 0 Å². The number of carboxylic acid groups (broad SMARTS) is 1. The summed E-state index contributed by atoms with van der Waals surface area (Å²) < 4.78 is 0. The van der Waals surface area contributed by atoms with E-state index in [4.69, 9.17) is 0 Å². The summed E-state index contributed by atoms with van der Waals surface area (Å²) in [5.41, 5.74) is 1.79. The molecule has 1 N–H and O–H groups in total. The summed E-state index contributed by atoms with van der Waals surface area (Å²) >= 11 is 2.63. The average molecular weight is 352 g/mol. The van der Waals surface area contributed by atoms with Crippen LogP contribution in [-0.4, -0.2) is 16.1 Å². The normalized spacial score (nSPS) is 11.6. The van der Waals surface area contributed by atoms with Gasteiger partial charge in [-0.2, -0.15) is 5.26 Å². The molecule has 4 nitrogen and oxygen atoms in total. The van der Waals surface area contributed by atoms with E-state index in [1.807, 2.05) is 23.6 Å². The molecule has 0 aliphatic rings. The first-order valence-corrected chi connectivity index (χ1v) is 8.84. The molecule has 0 saturated heterocycles. The molecule has 24 heavy (non-hydrogen) atoms. The highest BCUT2D eigenvalue weighted by atomic mass is 32.2. The Labute approximate surface area is 147 Å². The monoisotopic (exact) mass is 352 g/mol. The van der Waals surface area contributed by atoms with Crippen LogP contribution in [0, 0.1) is 11.3 Å². The van der Waals surface area contributed by atoms with Crippen LogP contribution in [0.25, 0.3) is 10.6 Å². The van der Waals surface area contributed by atoms with Crippen LogP contribution in [0.15, 0.2) is 65.0 Å². The molecule has 1 aromatic carbocycles. The zero-order chi connectivity index (χ0) is 16.9. The number of aliphatic carboxylic acids is 1. The number of hydrogen-bond acceptors (Lipinski definition) is 5. The maximum absolute atomic E-state index is 11.7. The molecule has 0 amide bonds. The van der Waals surface area contributed by atoms with Gasteiger partial charge in [0.1, 0.15) is 16.3 Å². The summed E-state index contributed by atoms with van der Waals surface area (Å²) in [6.07, 6.45) is 0. The van der Waals surface area contributed by atoms with Crippen molar-refractivity contribution >= 4 is 29.1 Å². The van der Waals surface area contributed by atoms with Crippen molar-refractivity contribution in [1.82, 2.24) is 4.98 Å². The lowest BCUT2D eigenvalue weighted by Gasteiger charge is -2.13. The van der Waals surface area contributed by atoms with Crippen LogP contribution in [-0.2, 0) is 4.79 Å². The molecule has 0 fully saturated rings. The Bertz CT molecular complexity index is 887.